The van der Waals surface area contributed by atoms with Gasteiger partial charge in [-0.15, -0.1) is 34.0 Å². The first-order valence-electron chi connectivity index (χ1n) is 24.5. The highest BCUT2D eigenvalue weighted by atomic mass is 32.1. The second-order valence-electron chi connectivity index (χ2n) is 18.3. The van der Waals surface area contributed by atoms with Crippen molar-refractivity contribution in [3.63, 3.8) is 0 Å². The molecule has 3 heterocycles. The molecule has 14 rings (SSSR count). The van der Waals surface area contributed by atoms with Crippen molar-refractivity contribution in [1.82, 2.24) is 0 Å². The van der Waals surface area contributed by atoms with Crippen LogP contribution in [0.2, 0.25) is 0 Å². The number of fused-ring (bicyclic) bond motifs is 9. The average Bonchev–Trinajstić information content (AvgIpc) is 4.13. The quantitative estimate of drug-likeness (QED) is 0.139. The highest BCUT2D eigenvalue weighted by Gasteiger charge is 2.21. The largest absolute Gasteiger partial charge is 0.356 e. The van der Waals surface area contributed by atoms with Crippen molar-refractivity contribution in [2.75, 3.05) is 20.0 Å². The minimum absolute atomic E-state index is 1.08. The molecule has 0 aliphatic heterocycles. The van der Waals surface area contributed by atoms with Crippen LogP contribution in [0.4, 0.5) is 62.6 Å². The van der Waals surface area contributed by atoms with Gasteiger partial charge >= 0.3 is 0 Å². The first kappa shape index (κ1) is 43.1. The van der Waals surface area contributed by atoms with Gasteiger partial charge in [0.2, 0.25) is 0 Å². The van der Waals surface area contributed by atoms with E-state index in [0.717, 1.165) is 62.6 Å². The zero-order valence-electron chi connectivity index (χ0n) is 39.4. The van der Waals surface area contributed by atoms with Crippen LogP contribution in [0.25, 0.3) is 60.5 Å². The number of nitrogens with one attached hydrogen (secondary N) is 1. The lowest BCUT2D eigenvalue weighted by Gasteiger charge is -2.26. The summed E-state index contributed by atoms with van der Waals surface area (Å²) in [6.07, 6.45) is 0. The summed E-state index contributed by atoms with van der Waals surface area (Å²) in [7, 11) is 0. The molecule has 0 fully saturated rings. The molecular formula is C66H44N4S3. The lowest BCUT2D eigenvalue weighted by molar-refractivity contribution is 1.29. The highest BCUT2D eigenvalue weighted by Crippen LogP contribution is 2.47. The molecule has 14 aromatic rings. The fraction of sp³-hybridized carbons (Fsp3) is 0. The molecular weight excluding hydrogens is 945 g/mol. The molecule has 4 nitrogen and oxygen atoms in total. The van der Waals surface area contributed by atoms with Crippen LogP contribution in [-0.2, 0) is 0 Å². The molecule has 3 aromatic heterocycles. The molecule has 0 spiro atoms. The summed E-state index contributed by atoms with van der Waals surface area (Å²) < 4.78 is 7.59. The maximum absolute atomic E-state index is 3.62. The molecule has 0 bridgehead atoms. The SMILES string of the molecule is c1ccc(Nc2ccc3sc4ccc(N(c5ccccc5)c5ccc6sc7ccc(N(c8ccccc8)c8ccc9sc%10ccc(N(c%11ccccc%11)c%11ccccc%11)cc%10c9c8)cc7c6c5)cc4c3c2)cc1. The van der Waals surface area contributed by atoms with E-state index in [9.17, 15) is 0 Å². The van der Waals surface area contributed by atoms with Gasteiger partial charge in [-0.3, -0.25) is 0 Å². The first-order valence-corrected chi connectivity index (χ1v) is 26.9. The standard InChI is InChI=1S/C66H44N4S3/c1-6-16-44(17-7-1)67-45-26-32-61-55(38-45)56-40-51(28-34-62(56)71-61)69(48-22-12-4-13-23-48)52-29-36-65-59(42-52)60-43-54(31-37-66(60)73-65)70(49-24-14-5-15-25-49)53-30-35-64-58(41-53)57-39-50(27-33-63(57)72-64)68(46-18-8-2-9-19-46)47-20-10-3-11-21-47/h1-43,67H. The third-order valence-corrected chi connectivity index (χ3v) is 17.2. The number of benzene rings is 11. The van der Waals surface area contributed by atoms with Gasteiger partial charge in [0, 0.05) is 123 Å². The number of para-hydroxylation sites is 5. The van der Waals surface area contributed by atoms with E-state index >= 15 is 0 Å². The number of rotatable bonds is 11. The third kappa shape index (κ3) is 7.91. The van der Waals surface area contributed by atoms with E-state index in [2.05, 4.69) is 275 Å². The molecule has 0 saturated carbocycles. The van der Waals surface area contributed by atoms with E-state index in [0.29, 0.717) is 0 Å². The van der Waals surface area contributed by atoms with Crippen LogP contribution in [0.5, 0.6) is 0 Å². The van der Waals surface area contributed by atoms with Gasteiger partial charge in [-0.2, -0.15) is 0 Å². The predicted molar refractivity (Wildman–Crippen MR) is 319 cm³/mol. The predicted octanol–water partition coefficient (Wildman–Crippen LogP) is 20.9. The van der Waals surface area contributed by atoms with Gasteiger partial charge in [0.25, 0.3) is 0 Å². The summed E-state index contributed by atoms with van der Waals surface area (Å²) in [4.78, 5) is 7.17. The van der Waals surface area contributed by atoms with Crippen LogP contribution in [0.15, 0.2) is 261 Å². The van der Waals surface area contributed by atoms with Gasteiger partial charge in [-0.1, -0.05) is 91.0 Å². The van der Waals surface area contributed by atoms with Gasteiger partial charge in [0.1, 0.15) is 0 Å². The molecule has 0 saturated heterocycles. The molecule has 1 N–H and O–H groups in total. The van der Waals surface area contributed by atoms with Gasteiger partial charge in [-0.05, 0) is 170 Å². The molecule has 0 aliphatic carbocycles. The summed E-state index contributed by atoms with van der Waals surface area (Å²) in [6, 6.07) is 94.8. The van der Waals surface area contributed by atoms with E-state index in [1.54, 1.807) is 0 Å². The maximum atomic E-state index is 3.62. The highest BCUT2D eigenvalue weighted by molar-refractivity contribution is 7.26. The summed E-state index contributed by atoms with van der Waals surface area (Å²) >= 11 is 5.55. The molecule has 0 atom stereocenters. The normalized spacial score (nSPS) is 11.6. The lowest BCUT2D eigenvalue weighted by Crippen LogP contribution is -2.10. The van der Waals surface area contributed by atoms with Crippen LogP contribution in [0, 0.1) is 0 Å². The Bertz CT molecular complexity index is 4260. The first-order chi connectivity index (χ1) is 36.1. The summed E-state index contributed by atoms with van der Waals surface area (Å²) in [6.45, 7) is 0. The molecule has 11 aromatic carbocycles. The van der Waals surface area contributed by atoms with Gasteiger partial charge < -0.3 is 20.0 Å². The van der Waals surface area contributed by atoms with Crippen molar-refractivity contribution in [3.8, 4) is 0 Å². The Morgan fingerprint density at radius 3 is 0.753 bits per heavy atom. The summed E-state index contributed by atoms with van der Waals surface area (Å²) in [5.74, 6) is 0. The Kier molecular flexibility index (Phi) is 10.7. The Hall–Kier alpha value is -8.72. The van der Waals surface area contributed by atoms with Gasteiger partial charge in [0.15, 0.2) is 0 Å². The minimum Gasteiger partial charge on any atom is -0.356 e. The Morgan fingerprint density at radius 1 is 0.205 bits per heavy atom. The van der Waals surface area contributed by atoms with Crippen molar-refractivity contribution >= 4 is 157 Å². The zero-order chi connectivity index (χ0) is 48.2. The summed E-state index contributed by atoms with van der Waals surface area (Å²) in [5, 5.41) is 11.1. The number of hydrogen-bond acceptors (Lipinski definition) is 7. The van der Waals surface area contributed by atoms with E-state index in [-0.39, 0.29) is 0 Å². The Balaban J connectivity index is 0.878. The van der Waals surface area contributed by atoms with Crippen molar-refractivity contribution in [2.24, 2.45) is 0 Å². The number of thiophene rings is 3. The average molecular weight is 989 g/mol. The van der Waals surface area contributed by atoms with Crippen LogP contribution in [0.1, 0.15) is 0 Å². The second-order valence-corrected chi connectivity index (χ2v) is 21.5. The van der Waals surface area contributed by atoms with Gasteiger partial charge in [-0.25, -0.2) is 0 Å². The molecule has 7 heteroatoms. The fourth-order valence-electron chi connectivity index (χ4n) is 10.4. The topological polar surface area (TPSA) is 21.8 Å². The second kappa shape index (κ2) is 18.2. The van der Waals surface area contributed by atoms with Crippen molar-refractivity contribution in [1.29, 1.82) is 0 Å². The molecule has 0 aliphatic rings. The van der Waals surface area contributed by atoms with Crippen LogP contribution in [-0.4, -0.2) is 0 Å². The number of hydrogen-bond donors (Lipinski definition) is 1. The monoisotopic (exact) mass is 988 g/mol. The van der Waals surface area contributed by atoms with Crippen LogP contribution in [0.3, 0.4) is 0 Å². The van der Waals surface area contributed by atoms with Crippen LogP contribution >= 0.6 is 34.0 Å². The van der Waals surface area contributed by atoms with E-state index in [1.165, 1.54) is 60.5 Å². The Labute approximate surface area is 435 Å². The van der Waals surface area contributed by atoms with Gasteiger partial charge in [0.05, 0.1) is 0 Å². The Morgan fingerprint density at radius 2 is 0.452 bits per heavy atom. The molecule has 0 unspecified atom stereocenters. The van der Waals surface area contributed by atoms with E-state index in [4.69, 9.17) is 0 Å². The third-order valence-electron chi connectivity index (χ3n) is 13.7. The number of nitrogens with zero attached hydrogens (tertiary/aromatic N) is 3. The van der Waals surface area contributed by atoms with Crippen molar-refractivity contribution in [3.05, 3.63) is 261 Å². The molecule has 73 heavy (non-hydrogen) atoms. The molecule has 346 valence electrons. The number of anilines is 11. The van der Waals surface area contributed by atoms with E-state index < -0.39 is 0 Å². The summed E-state index contributed by atoms with van der Waals surface area (Å²) in [5.41, 5.74) is 12.2. The van der Waals surface area contributed by atoms with E-state index in [1.807, 2.05) is 40.1 Å². The zero-order valence-corrected chi connectivity index (χ0v) is 41.8. The minimum atomic E-state index is 1.08. The fourth-order valence-corrected chi connectivity index (χ4v) is 13.6. The van der Waals surface area contributed by atoms with Crippen molar-refractivity contribution < 1.29 is 0 Å². The van der Waals surface area contributed by atoms with Crippen molar-refractivity contribution in [2.45, 2.75) is 0 Å². The molecule has 0 radical (unpaired) electrons. The molecule has 0 amide bonds. The smallest absolute Gasteiger partial charge is 0.0468 e. The maximum Gasteiger partial charge on any atom is 0.0468 e. The lowest BCUT2D eigenvalue weighted by atomic mass is 10.1. The van der Waals surface area contributed by atoms with Crippen LogP contribution < -0.4 is 20.0 Å².